The van der Waals surface area contributed by atoms with Gasteiger partial charge in [0, 0.05) is 0 Å². The summed E-state index contributed by atoms with van der Waals surface area (Å²) in [6.07, 6.45) is 2.22. The lowest BCUT2D eigenvalue weighted by Gasteiger charge is -2.38. The number of nitrogens with one attached hydrogen (secondary N) is 1. The van der Waals surface area contributed by atoms with Crippen LogP contribution in [0, 0.1) is 0 Å². The zero-order chi connectivity index (χ0) is 17.3. The van der Waals surface area contributed by atoms with Crippen LogP contribution in [-0.4, -0.2) is 46.7 Å². The predicted octanol–water partition coefficient (Wildman–Crippen LogP) is 0.564. The highest BCUT2D eigenvalue weighted by molar-refractivity contribution is 7.51. The molecular formula is C13H21N4O5P. The second kappa shape index (κ2) is 6.52. The number of hydrogen-bond acceptors (Lipinski definition) is 5. The summed E-state index contributed by atoms with van der Waals surface area (Å²) in [5, 5.41) is 10.6. The molecule has 0 unspecified atom stereocenters. The van der Waals surface area contributed by atoms with Gasteiger partial charge >= 0.3 is 7.60 Å². The molecular weight excluding hydrogens is 323 g/mol. The Labute approximate surface area is 132 Å². The lowest BCUT2D eigenvalue weighted by molar-refractivity contribution is 0.0255. The number of aromatic amines is 1. The molecule has 2 aromatic rings. The molecule has 9 nitrogen and oxygen atoms in total. The summed E-state index contributed by atoms with van der Waals surface area (Å²) in [6, 6.07) is 0. The summed E-state index contributed by atoms with van der Waals surface area (Å²) in [7, 11) is -4.20. The first-order chi connectivity index (χ1) is 10.7. The number of rotatable bonds is 7. The van der Waals surface area contributed by atoms with Gasteiger partial charge in [-0.05, 0) is 19.3 Å². The number of fused-ring (bicyclic) bond motifs is 1. The van der Waals surface area contributed by atoms with Crippen molar-refractivity contribution in [3.05, 3.63) is 23.0 Å². The van der Waals surface area contributed by atoms with Crippen molar-refractivity contribution < 1.29 is 19.5 Å². The van der Waals surface area contributed by atoms with E-state index in [0.29, 0.717) is 18.5 Å². The van der Waals surface area contributed by atoms with Gasteiger partial charge in [-0.3, -0.25) is 9.36 Å². The number of imidazole rings is 1. The van der Waals surface area contributed by atoms with Crippen LogP contribution in [0.2, 0.25) is 0 Å². The Hall–Kier alpha value is -1.54. The van der Waals surface area contributed by atoms with Crippen LogP contribution < -0.4 is 5.56 Å². The molecule has 0 bridgehead atoms. The van der Waals surface area contributed by atoms with Crippen molar-refractivity contribution in [2.24, 2.45) is 0 Å². The van der Waals surface area contributed by atoms with E-state index in [2.05, 4.69) is 15.0 Å². The zero-order valence-corrected chi connectivity index (χ0v) is 13.9. The Kier molecular flexibility index (Phi) is 5.05. The SMILES string of the molecule is CCC(CC)([C@H](O)CCP(=O)(O)O)n1cnc2c(=O)[nH]cnc21. The van der Waals surface area contributed by atoms with Gasteiger partial charge in [-0.2, -0.15) is 0 Å². The first-order valence-corrected chi connectivity index (χ1v) is 9.18. The Balaban J connectivity index is 2.49. The van der Waals surface area contributed by atoms with E-state index in [4.69, 9.17) is 9.79 Å². The van der Waals surface area contributed by atoms with Crippen LogP contribution in [-0.2, 0) is 10.1 Å². The second-order valence-electron chi connectivity index (χ2n) is 5.52. The van der Waals surface area contributed by atoms with Gasteiger partial charge in [0.2, 0.25) is 0 Å². The molecule has 0 saturated carbocycles. The van der Waals surface area contributed by atoms with Crippen molar-refractivity contribution in [3.8, 4) is 0 Å². The lowest BCUT2D eigenvalue weighted by atomic mass is 9.84. The molecule has 4 N–H and O–H groups in total. The Morgan fingerprint density at radius 2 is 2.00 bits per heavy atom. The molecule has 10 heteroatoms. The van der Waals surface area contributed by atoms with Crippen LogP contribution in [0.15, 0.2) is 17.4 Å². The number of H-pyrrole nitrogens is 1. The number of aliphatic hydroxyl groups is 1. The van der Waals surface area contributed by atoms with Gasteiger partial charge in [-0.25, -0.2) is 9.97 Å². The summed E-state index contributed by atoms with van der Waals surface area (Å²) in [5.74, 6) is 0. The van der Waals surface area contributed by atoms with Gasteiger partial charge in [0.1, 0.15) is 0 Å². The zero-order valence-electron chi connectivity index (χ0n) is 13.0. The van der Waals surface area contributed by atoms with E-state index in [-0.39, 0.29) is 17.5 Å². The van der Waals surface area contributed by atoms with E-state index in [1.807, 2.05) is 13.8 Å². The molecule has 23 heavy (non-hydrogen) atoms. The van der Waals surface area contributed by atoms with Gasteiger partial charge in [0.15, 0.2) is 11.2 Å². The monoisotopic (exact) mass is 344 g/mol. The van der Waals surface area contributed by atoms with Crippen LogP contribution in [0.4, 0.5) is 0 Å². The van der Waals surface area contributed by atoms with Gasteiger partial charge in [-0.15, -0.1) is 0 Å². The van der Waals surface area contributed by atoms with Crippen molar-refractivity contribution in [2.75, 3.05) is 6.16 Å². The summed E-state index contributed by atoms with van der Waals surface area (Å²) in [6.45, 7) is 3.73. The summed E-state index contributed by atoms with van der Waals surface area (Å²) < 4.78 is 12.7. The third-order valence-corrected chi connectivity index (χ3v) is 5.20. The van der Waals surface area contributed by atoms with Crippen molar-refractivity contribution in [1.82, 2.24) is 19.5 Å². The average Bonchev–Trinajstić information content (AvgIpc) is 2.92. The lowest BCUT2D eigenvalue weighted by Crippen LogP contribution is -2.44. The molecule has 2 heterocycles. The highest BCUT2D eigenvalue weighted by Crippen LogP contribution is 2.39. The Morgan fingerprint density at radius 1 is 1.35 bits per heavy atom. The van der Waals surface area contributed by atoms with Crippen molar-refractivity contribution in [1.29, 1.82) is 0 Å². The molecule has 2 aromatic heterocycles. The third-order valence-electron chi connectivity index (χ3n) is 4.36. The normalized spacial score (nSPS) is 14.3. The molecule has 2 rings (SSSR count). The third kappa shape index (κ3) is 3.37. The predicted molar refractivity (Wildman–Crippen MR) is 84.2 cm³/mol. The van der Waals surface area contributed by atoms with Crippen LogP contribution >= 0.6 is 7.60 Å². The van der Waals surface area contributed by atoms with E-state index in [0.717, 1.165) is 0 Å². The molecule has 0 aliphatic rings. The van der Waals surface area contributed by atoms with Crippen LogP contribution in [0.3, 0.4) is 0 Å². The van der Waals surface area contributed by atoms with E-state index in [9.17, 15) is 14.5 Å². The number of aliphatic hydroxyl groups excluding tert-OH is 1. The summed E-state index contributed by atoms with van der Waals surface area (Å²) in [4.78, 5) is 40.5. The standard InChI is InChI=1S/C13H21N4O5P/c1-3-13(4-2,9(18)5-6-23(20,21)22)17-8-16-10-11(17)14-7-15-12(10)19/h7-9,18H,3-6H2,1-2H3,(H,14,15,19)(H2,20,21,22)/t9-/m1/s1. The topological polar surface area (TPSA) is 141 Å². The molecule has 0 fully saturated rings. The molecule has 0 aromatic carbocycles. The highest BCUT2D eigenvalue weighted by Gasteiger charge is 2.38. The molecule has 0 amide bonds. The highest BCUT2D eigenvalue weighted by atomic mass is 31.2. The minimum atomic E-state index is -4.20. The van der Waals surface area contributed by atoms with E-state index in [1.54, 1.807) is 4.57 Å². The van der Waals surface area contributed by atoms with Crippen molar-refractivity contribution in [2.45, 2.75) is 44.8 Å². The van der Waals surface area contributed by atoms with Crippen molar-refractivity contribution in [3.63, 3.8) is 0 Å². The molecule has 0 saturated heterocycles. The number of hydrogen-bond donors (Lipinski definition) is 4. The quantitative estimate of drug-likeness (QED) is 0.538. The fourth-order valence-electron chi connectivity index (χ4n) is 2.95. The molecule has 128 valence electrons. The molecule has 0 spiro atoms. The van der Waals surface area contributed by atoms with Crippen LogP contribution in [0.25, 0.3) is 11.2 Å². The smallest absolute Gasteiger partial charge is 0.325 e. The maximum atomic E-state index is 11.8. The van der Waals surface area contributed by atoms with Gasteiger partial charge in [-0.1, -0.05) is 13.8 Å². The maximum Gasteiger partial charge on any atom is 0.325 e. The van der Waals surface area contributed by atoms with Crippen LogP contribution in [0.1, 0.15) is 33.1 Å². The maximum absolute atomic E-state index is 11.8. The van der Waals surface area contributed by atoms with Gasteiger partial charge in [0.05, 0.1) is 30.5 Å². The van der Waals surface area contributed by atoms with E-state index < -0.39 is 25.4 Å². The fourth-order valence-corrected chi connectivity index (χ4v) is 3.53. The van der Waals surface area contributed by atoms with E-state index >= 15 is 0 Å². The first-order valence-electron chi connectivity index (χ1n) is 7.39. The summed E-state index contributed by atoms with van der Waals surface area (Å²) >= 11 is 0. The first kappa shape index (κ1) is 17.8. The van der Waals surface area contributed by atoms with Crippen molar-refractivity contribution >= 4 is 18.8 Å². The van der Waals surface area contributed by atoms with Gasteiger partial charge < -0.3 is 24.4 Å². The molecule has 0 radical (unpaired) electrons. The largest absolute Gasteiger partial charge is 0.391 e. The summed E-state index contributed by atoms with van der Waals surface area (Å²) in [5.41, 5.74) is -0.710. The van der Waals surface area contributed by atoms with Gasteiger partial charge in [0.25, 0.3) is 5.56 Å². The Bertz CT molecular complexity index is 776. The minimum Gasteiger partial charge on any atom is -0.391 e. The number of aromatic nitrogens is 4. The molecule has 1 atom stereocenters. The molecule has 0 aliphatic carbocycles. The Morgan fingerprint density at radius 3 is 2.57 bits per heavy atom. The number of nitrogens with zero attached hydrogens (tertiary/aromatic N) is 3. The minimum absolute atomic E-state index is 0.0607. The second-order valence-corrected chi connectivity index (χ2v) is 7.30. The average molecular weight is 344 g/mol. The van der Waals surface area contributed by atoms with Crippen LogP contribution in [0.5, 0.6) is 0 Å². The van der Waals surface area contributed by atoms with E-state index in [1.165, 1.54) is 12.7 Å². The fraction of sp³-hybridized carbons (Fsp3) is 0.615. The molecule has 0 aliphatic heterocycles.